The Bertz CT molecular complexity index is 492. The van der Waals surface area contributed by atoms with Crippen LogP contribution in [0.3, 0.4) is 0 Å². The number of carboxylic acids is 1. The van der Waals surface area contributed by atoms with Crippen LogP contribution in [0.4, 0.5) is 22.0 Å². The molecule has 0 heterocycles. The lowest BCUT2D eigenvalue weighted by Crippen LogP contribution is -2.58. The van der Waals surface area contributed by atoms with E-state index in [-0.39, 0.29) is 24.7 Å². The number of halogens is 5. The van der Waals surface area contributed by atoms with Crippen LogP contribution >= 0.6 is 0 Å². The van der Waals surface area contributed by atoms with Crippen molar-refractivity contribution in [2.75, 3.05) is 0 Å². The minimum atomic E-state index is -5.18. The van der Waals surface area contributed by atoms with Gasteiger partial charge in [-0.25, -0.2) is 0 Å². The molecule has 21 heavy (non-hydrogen) atoms. The molecule has 4 fully saturated rings. The van der Waals surface area contributed by atoms with Gasteiger partial charge in [-0.15, -0.1) is 0 Å². The summed E-state index contributed by atoms with van der Waals surface area (Å²) in [6.45, 7) is 0. The number of rotatable bonds is 2. The normalized spacial score (nSPS) is 41.2. The summed E-state index contributed by atoms with van der Waals surface area (Å²) in [5, 5.41) is 9.51. The first-order valence-electron chi connectivity index (χ1n) is 7.01. The van der Waals surface area contributed by atoms with Gasteiger partial charge in [0.2, 0.25) is 0 Å². The van der Waals surface area contributed by atoms with Gasteiger partial charge in [0.05, 0.1) is 5.41 Å². The third-order valence-electron chi connectivity index (χ3n) is 5.56. The first-order valence-corrected chi connectivity index (χ1v) is 7.01. The molecule has 0 aromatic heterocycles. The molecule has 0 aliphatic heterocycles. The van der Waals surface area contributed by atoms with Crippen molar-refractivity contribution in [3.63, 3.8) is 0 Å². The van der Waals surface area contributed by atoms with Crippen LogP contribution < -0.4 is 0 Å². The molecule has 0 spiro atoms. The number of aliphatic carboxylic acids is 1. The van der Waals surface area contributed by atoms with Gasteiger partial charge in [-0.05, 0) is 49.9 Å². The standard InChI is InChI=1S/C14H15F5O2/c15-11(16)10(14(17,18)19)9-8-2-6-1-7(3-8)5-13(9,4-6)12(20)21/h6-9H,1-5H2,(H,20,21). The summed E-state index contributed by atoms with van der Waals surface area (Å²) in [7, 11) is 0. The quantitative estimate of drug-likeness (QED) is 0.775. The van der Waals surface area contributed by atoms with Crippen molar-refractivity contribution in [3.05, 3.63) is 11.7 Å². The maximum atomic E-state index is 13.1. The zero-order valence-corrected chi connectivity index (χ0v) is 11.1. The van der Waals surface area contributed by atoms with E-state index in [0.29, 0.717) is 12.8 Å². The van der Waals surface area contributed by atoms with Crippen LogP contribution in [0.5, 0.6) is 0 Å². The Balaban J connectivity index is 2.12. The second-order valence-corrected chi connectivity index (χ2v) is 6.72. The summed E-state index contributed by atoms with van der Waals surface area (Å²) < 4.78 is 65.2. The van der Waals surface area contributed by atoms with Crippen LogP contribution in [0.1, 0.15) is 32.1 Å². The molecule has 3 unspecified atom stereocenters. The van der Waals surface area contributed by atoms with Gasteiger partial charge < -0.3 is 5.11 Å². The monoisotopic (exact) mass is 310 g/mol. The molecule has 7 heteroatoms. The number of allylic oxidation sites excluding steroid dienone is 1. The third-order valence-corrected chi connectivity index (χ3v) is 5.56. The largest absolute Gasteiger partial charge is 0.481 e. The van der Waals surface area contributed by atoms with Crippen LogP contribution in [-0.2, 0) is 4.79 Å². The first kappa shape index (κ1) is 14.8. The molecule has 0 aromatic rings. The average Bonchev–Trinajstić information content (AvgIpc) is 2.30. The number of alkyl halides is 3. The average molecular weight is 310 g/mol. The molecule has 4 aliphatic carbocycles. The predicted molar refractivity (Wildman–Crippen MR) is 62.4 cm³/mol. The molecule has 4 saturated carbocycles. The van der Waals surface area contributed by atoms with Crippen molar-refractivity contribution in [1.29, 1.82) is 0 Å². The summed E-state index contributed by atoms with van der Waals surface area (Å²) in [6, 6.07) is 0. The lowest BCUT2D eigenvalue weighted by molar-refractivity contribution is -0.183. The highest BCUT2D eigenvalue weighted by molar-refractivity contribution is 5.76. The van der Waals surface area contributed by atoms with Crippen LogP contribution in [0.15, 0.2) is 11.7 Å². The van der Waals surface area contributed by atoms with Crippen LogP contribution in [0, 0.1) is 29.1 Å². The van der Waals surface area contributed by atoms with E-state index in [1.165, 1.54) is 0 Å². The van der Waals surface area contributed by atoms with E-state index in [9.17, 15) is 31.9 Å². The van der Waals surface area contributed by atoms with E-state index in [1.807, 2.05) is 0 Å². The summed E-state index contributed by atoms with van der Waals surface area (Å²) in [5.41, 5.74) is -3.56. The highest BCUT2D eigenvalue weighted by Crippen LogP contribution is 2.66. The van der Waals surface area contributed by atoms with Crippen molar-refractivity contribution >= 4 is 5.97 Å². The molecule has 2 nitrogen and oxygen atoms in total. The lowest BCUT2D eigenvalue weighted by atomic mass is 9.44. The summed E-state index contributed by atoms with van der Waals surface area (Å²) in [5.74, 6) is -3.42. The molecular formula is C14H15F5O2. The van der Waals surface area contributed by atoms with Crippen molar-refractivity contribution in [1.82, 2.24) is 0 Å². The first-order chi connectivity index (χ1) is 9.65. The minimum absolute atomic E-state index is 0.0620. The zero-order valence-electron chi connectivity index (χ0n) is 11.1. The molecule has 3 atom stereocenters. The zero-order chi connectivity index (χ0) is 15.6. The van der Waals surface area contributed by atoms with Crippen molar-refractivity contribution in [3.8, 4) is 0 Å². The van der Waals surface area contributed by atoms with Crippen LogP contribution in [0.2, 0.25) is 0 Å². The topological polar surface area (TPSA) is 37.3 Å². The fourth-order valence-corrected chi connectivity index (χ4v) is 5.26. The number of carboxylic acid groups (broad SMARTS) is 1. The summed E-state index contributed by atoms with van der Waals surface area (Å²) in [4.78, 5) is 11.7. The Labute approximate surface area is 118 Å². The maximum Gasteiger partial charge on any atom is 0.418 e. The molecule has 4 bridgehead atoms. The Kier molecular flexibility index (Phi) is 3.12. The van der Waals surface area contributed by atoms with E-state index in [0.717, 1.165) is 6.42 Å². The second kappa shape index (κ2) is 4.43. The van der Waals surface area contributed by atoms with E-state index < -0.39 is 41.1 Å². The van der Waals surface area contributed by atoms with E-state index >= 15 is 0 Å². The Morgan fingerprint density at radius 3 is 1.95 bits per heavy atom. The predicted octanol–water partition coefficient (Wildman–Crippen LogP) is 4.23. The minimum Gasteiger partial charge on any atom is -0.481 e. The van der Waals surface area contributed by atoms with Gasteiger partial charge in [-0.1, -0.05) is 0 Å². The van der Waals surface area contributed by atoms with Gasteiger partial charge in [-0.3, -0.25) is 4.79 Å². The van der Waals surface area contributed by atoms with Crippen LogP contribution in [0.25, 0.3) is 0 Å². The molecule has 1 N–H and O–H groups in total. The Morgan fingerprint density at radius 1 is 1.05 bits per heavy atom. The fourth-order valence-electron chi connectivity index (χ4n) is 5.26. The van der Waals surface area contributed by atoms with Crippen LogP contribution in [-0.4, -0.2) is 17.3 Å². The van der Waals surface area contributed by atoms with Gasteiger partial charge >= 0.3 is 12.1 Å². The number of hydrogen-bond donors (Lipinski definition) is 1. The molecule has 0 saturated heterocycles. The van der Waals surface area contributed by atoms with Crippen molar-refractivity contribution in [2.45, 2.75) is 38.3 Å². The van der Waals surface area contributed by atoms with E-state index in [4.69, 9.17) is 0 Å². The van der Waals surface area contributed by atoms with Gasteiger partial charge in [0.25, 0.3) is 6.08 Å². The Hall–Kier alpha value is -1.14. The number of carbonyl (C=O) groups is 1. The van der Waals surface area contributed by atoms with Gasteiger partial charge in [0.15, 0.2) is 0 Å². The summed E-state index contributed by atoms with van der Waals surface area (Å²) >= 11 is 0. The summed E-state index contributed by atoms with van der Waals surface area (Å²) in [6.07, 6.45) is -6.09. The van der Waals surface area contributed by atoms with Gasteiger partial charge in [0.1, 0.15) is 5.57 Å². The van der Waals surface area contributed by atoms with Gasteiger partial charge in [0, 0.05) is 5.92 Å². The highest BCUT2D eigenvalue weighted by atomic mass is 19.4. The van der Waals surface area contributed by atoms with Crippen molar-refractivity contribution < 1.29 is 31.9 Å². The fraction of sp³-hybridized carbons (Fsp3) is 0.786. The number of hydrogen-bond acceptors (Lipinski definition) is 1. The highest BCUT2D eigenvalue weighted by Gasteiger charge is 2.65. The molecule has 118 valence electrons. The molecule has 0 aromatic carbocycles. The molecule has 4 aliphatic rings. The molecular weight excluding hydrogens is 295 g/mol. The molecule has 4 rings (SSSR count). The lowest BCUT2D eigenvalue weighted by Gasteiger charge is -2.59. The smallest absolute Gasteiger partial charge is 0.418 e. The second-order valence-electron chi connectivity index (χ2n) is 6.72. The van der Waals surface area contributed by atoms with E-state index in [2.05, 4.69) is 0 Å². The third kappa shape index (κ3) is 2.07. The maximum absolute atomic E-state index is 13.1. The Morgan fingerprint density at radius 2 is 1.57 bits per heavy atom. The molecule has 0 radical (unpaired) electrons. The van der Waals surface area contributed by atoms with Gasteiger partial charge in [-0.2, -0.15) is 22.0 Å². The van der Waals surface area contributed by atoms with Crippen molar-refractivity contribution in [2.24, 2.45) is 29.1 Å². The molecule has 0 amide bonds. The SMILES string of the molecule is O=C(O)C12CC3CC(CC(C3)C1C(=C(F)F)C(F)(F)F)C2. The van der Waals surface area contributed by atoms with E-state index in [1.54, 1.807) is 0 Å².